The van der Waals surface area contributed by atoms with Crippen molar-refractivity contribution < 1.29 is 4.79 Å². The molecular weight excluding hydrogens is 248 g/mol. The first kappa shape index (κ1) is 15.5. The normalized spacial score (nSPS) is 26.6. The molecule has 0 saturated carbocycles. The summed E-state index contributed by atoms with van der Waals surface area (Å²) in [6.07, 6.45) is 0.974. The number of carbonyl (C=O) groups excluding carboxylic acids is 1. The summed E-state index contributed by atoms with van der Waals surface area (Å²) < 4.78 is 3.20. The van der Waals surface area contributed by atoms with Crippen LogP contribution in [0.5, 0.6) is 0 Å². The minimum atomic E-state index is -0.0306. The molecule has 3 N–H and O–H groups in total. The molecule has 2 atom stereocenters. The van der Waals surface area contributed by atoms with Crippen molar-refractivity contribution >= 4 is 23.0 Å². The molecule has 18 heavy (non-hydrogen) atoms. The molecule has 1 amide bonds. The highest BCUT2D eigenvalue weighted by Crippen LogP contribution is 2.26. The molecule has 5 nitrogen and oxygen atoms in total. The predicted octanol–water partition coefficient (Wildman–Crippen LogP) is 1.47. The third kappa shape index (κ3) is 3.96. The lowest BCUT2D eigenvalue weighted by Gasteiger charge is -2.25. The van der Waals surface area contributed by atoms with Gasteiger partial charge in [-0.05, 0) is 30.3 Å². The summed E-state index contributed by atoms with van der Waals surface area (Å²) in [5, 5.41) is 6.58. The molecule has 0 spiro atoms. The zero-order valence-corrected chi connectivity index (χ0v) is 12.6. The summed E-state index contributed by atoms with van der Waals surface area (Å²) in [6, 6.07) is -0.0306. The topological polar surface area (TPSA) is 65.5 Å². The van der Waals surface area contributed by atoms with Crippen LogP contribution in [0.4, 0.5) is 0 Å². The van der Waals surface area contributed by atoms with Crippen LogP contribution in [0.1, 0.15) is 41.0 Å². The van der Waals surface area contributed by atoms with Gasteiger partial charge < -0.3 is 10.6 Å². The number of amides is 1. The van der Waals surface area contributed by atoms with E-state index in [1.807, 2.05) is 13.8 Å². The van der Waals surface area contributed by atoms with Crippen LogP contribution < -0.4 is 15.4 Å². The number of aliphatic imine (C=N–C) groups is 1. The SMILES string of the molecule is CC.CC(C)(C)C1N=C(NC(=O)C2CCN2)SN1. The highest BCUT2D eigenvalue weighted by molar-refractivity contribution is 8.12. The van der Waals surface area contributed by atoms with Crippen molar-refractivity contribution in [2.24, 2.45) is 10.4 Å². The van der Waals surface area contributed by atoms with E-state index in [1.54, 1.807) is 0 Å². The number of nitrogens with one attached hydrogen (secondary N) is 3. The number of hydrogen-bond donors (Lipinski definition) is 3. The summed E-state index contributed by atoms with van der Waals surface area (Å²) >= 11 is 1.40. The van der Waals surface area contributed by atoms with Gasteiger partial charge in [-0.2, -0.15) is 0 Å². The first-order valence-corrected chi connectivity index (χ1v) is 7.33. The quantitative estimate of drug-likeness (QED) is 0.633. The smallest absolute Gasteiger partial charge is 0.243 e. The van der Waals surface area contributed by atoms with Crippen molar-refractivity contribution in [1.82, 2.24) is 15.4 Å². The molecule has 6 heteroatoms. The van der Waals surface area contributed by atoms with E-state index in [0.29, 0.717) is 5.17 Å². The fourth-order valence-electron chi connectivity index (χ4n) is 1.41. The molecule has 104 valence electrons. The molecule has 0 bridgehead atoms. The van der Waals surface area contributed by atoms with E-state index < -0.39 is 0 Å². The third-order valence-electron chi connectivity index (χ3n) is 2.70. The summed E-state index contributed by atoms with van der Waals surface area (Å²) in [5.74, 6) is 0.0221. The molecule has 2 unspecified atom stereocenters. The number of carbonyl (C=O) groups is 1. The largest absolute Gasteiger partial charge is 0.306 e. The van der Waals surface area contributed by atoms with E-state index >= 15 is 0 Å². The second kappa shape index (κ2) is 6.54. The number of amidine groups is 1. The summed E-state index contributed by atoms with van der Waals surface area (Å²) in [6.45, 7) is 11.3. The summed E-state index contributed by atoms with van der Waals surface area (Å²) in [4.78, 5) is 16.1. The highest BCUT2D eigenvalue weighted by Gasteiger charge is 2.31. The summed E-state index contributed by atoms with van der Waals surface area (Å²) in [5.41, 5.74) is 0.0637. The van der Waals surface area contributed by atoms with E-state index in [1.165, 1.54) is 11.9 Å². The predicted molar refractivity (Wildman–Crippen MR) is 77.3 cm³/mol. The molecule has 0 radical (unpaired) electrons. The van der Waals surface area contributed by atoms with Gasteiger partial charge in [0.05, 0.1) is 6.04 Å². The van der Waals surface area contributed by atoms with Crippen molar-refractivity contribution in [3.8, 4) is 0 Å². The summed E-state index contributed by atoms with van der Waals surface area (Å²) in [7, 11) is 0. The highest BCUT2D eigenvalue weighted by atomic mass is 32.2. The molecule has 0 aromatic rings. The Bertz CT molecular complexity index is 321. The third-order valence-corrected chi connectivity index (χ3v) is 3.45. The van der Waals surface area contributed by atoms with Gasteiger partial charge in [-0.15, -0.1) is 0 Å². The van der Waals surface area contributed by atoms with Crippen LogP contribution >= 0.6 is 11.9 Å². The van der Waals surface area contributed by atoms with Gasteiger partial charge in [-0.1, -0.05) is 34.6 Å². The van der Waals surface area contributed by atoms with Crippen molar-refractivity contribution in [1.29, 1.82) is 0 Å². The Balaban J connectivity index is 0.000000771. The van der Waals surface area contributed by atoms with Gasteiger partial charge in [-0.3, -0.25) is 4.79 Å². The number of rotatable bonds is 1. The molecule has 2 heterocycles. The fraction of sp³-hybridized carbons (Fsp3) is 0.833. The van der Waals surface area contributed by atoms with E-state index in [4.69, 9.17) is 0 Å². The molecule has 1 fully saturated rings. The first-order valence-electron chi connectivity index (χ1n) is 6.51. The minimum absolute atomic E-state index is 0.0221. The number of nitrogens with zero attached hydrogens (tertiary/aromatic N) is 1. The lowest BCUT2D eigenvalue weighted by Crippen LogP contribution is -2.53. The number of hydrogen-bond acceptors (Lipinski definition) is 5. The van der Waals surface area contributed by atoms with Gasteiger partial charge in [0.25, 0.3) is 0 Å². The van der Waals surface area contributed by atoms with Crippen LogP contribution in [0.2, 0.25) is 0 Å². The average Bonchev–Trinajstić information content (AvgIpc) is 2.66. The average molecular weight is 272 g/mol. The lowest BCUT2D eigenvalue weighted by atomic mass is 9.93. The van der Waals surface area contributed by atoms with Crippen molar-refractivity contribution in [3.05, 3.63) is 0 Å². The Morgan fingerprint density at radius 3 is 2.44 bits per heavy atom. The van der Waals surface area contributed by atoms with E-state index in [0.717, 1.165) is 13.0 Å². The maximum absolute atomic E-state index is 11.6. The van der Waals surface area contributed by atoms with Crippen LogP contribution in [0.15, 0.2) is 4.99 Å². The maximum atomic E-state index is 11.6. The van der Waals surface area contributed by atoms with Crippen LogP contribution in [-0.2, 0) is 4.79 Å². The monoisotopic (exact) mass is 272 g/mol. The van der Waals surface area contributed by atoms with Gasteiger partial charge in [0, 0.05) is 0 Å². The van der Waals surface area contributed by atoms with E-state index in [2.05, 4.69) is 41.1 Å². The second-order valence-electron chi connectivity index (χ2n) is 5.21. The van der Waals surface area contributed by atoms with Gasteiger partial charge in [0.1, 0.15) is 6.17 Å². The molecular formula is C12H24N4OS. The molecule has 0 aromatic carbocycles. The maximum Gasteiger partial charge on any atom is 0.243 e. The Hall–Kier alpha value is -0.590. The molecule has 2 aliphatic heterocycles. The Morgan fingerprint density at radius 1 is 1.44 bits per heavy atom. The van der Waals surface area contributed by atoms with Crippen LogP contribution in [0.25, 0.3) is 0 Å². The van der Waals surface area contributed by atoms with Gasteiger partial charge in [0.15, 0.2) is 5.17 Å². The van der Waals surface area contributed by atoms with Crippen molar-refractivity contribution in [2.45, 2.75) is 53.2 Å². The Morgan fingerprint density at radius 2 is 2.06 bits per heavy atom. The molecule has 1 saturated heterocycles. The zero-order chi connectivity index (χ0) is 13.8. The van der Waals surface area contributed by atoms with Crippen LogP contribution in [0.3, 0.4) is 0 Å². The Labute approximate surface area is 114 Å². The second-order valence-corrected chi connectivity index (χ2v) is 6.03. The van der Waals surface area contributed by atoms with Gasteiger partial charge in [0.2, 0.25) is 5.91 Å². The van der Waals surface area contributed by atoms with Crippen LogP contribution in [0, 0.1) is 5.41 Å². The Kier molecular flexibility index (Phi) is 5.62. The fourth-order valence-corrected chi connectivity index (χ4v) is 2.35. The standard InChI is InChI=1S/C10H18N4OS.C2H6/c1-10(2,3)8-13-9(16-14-8)12-7(15)6-4-5-11-6;1-2/h6,8,11,14H,4-5H2,1-3H3,(H,12,13,15);1-2H3. The minimum Gasteiger partial charge on any atom is -0.306 e. The van der Waals surface area contributed by atoms with Crippen LogP contribution in [-0.4, -0.2) is 29.8 Å². The molecule has 0 aromatic heterocycles. The van der Waals surface area contributed by atoms with Gasteiger partial charge >= 0.3 is 0 Å². The van der Waals surface area contributed by atoms with Crippen molar-refractivity contribution in [2.75, 3.05) is 6.54 Å². The molecule has 0 aliphatic carbocycles. The molecule has 2 aliphatic rings. The zero-order valence-electron chi connectivity index (χ0n) is 11.8. The van der Waals surface area contributed by atoms with E-state index in [9.17, 15) is 4.79 Å². The van der Waals surface area contributed by atoms with Gasteiger partial charge in [-0.25, -0.2) is 9.71 Å². The van der Waals surface area contributed by atoms with Crippen molar-refractivity contribution in [3.63, 3.8) is 0 Å². The first-order chi connectivity index (χ1) is 8.47. The lowest BCUT2D eigenvalue weighted by molar-refractivity contribution is -0.123. The molecule has 2 rings (SSSR count). The van der Waals surface area contributed by atoms with E-state index in [-0.39, 0.29) is 23.5 Å².